The molecule has 0 unspecified atom stereocenters. The van der Waals surface area contributed by atoms with Crippen molar-refractivity contribution in [2.75, 3.05) is 19.6 Å². The monoisotopic (exact) mass is 430 g/mol. The van der Waals surface area contributed by atoms with Gasteiger partial charge in [0.05, 0.1) is 0 Å². The van der Waals surface area contributed by atoms with Crippen LogP contribution in [0.2, 0.25) is 0 Å². The Morgan fingerprint density at radius 1 is 1.26 bits per heavy atom. The lowest BCUT2D eigenvalue weighted by molar-refractivity contribution is -0.130. The fourth-order valence-electron chi connectivity index (χ4n) is 2.17. The lowest BCUT2D eigenvalue weighted by Crippen LogP contribution is -2.40. The molecule has 2 rings (SSSR count). The molecule has 0 aromatic heterocycles. The van der Waals surface area contributed by atoms with Crippen molar-refractivity contribution in [3.63, 3.8) is 0 Å². The Morgan fingerprint density at radius 2 is 1.96 bits per heavy atom. The second-order valence-electron chi connectivity index (χ2n) is 5.51. The van der Waals surface area contributed by atoms with Crippen LogP contribution in [0.3, 0.4) is 0 Å². The van der Waals surface area contributed by atoms with Crippen molar-refractivity contribution in [1.82, 2.24) is 15.5 Å². The van der Waals surface area contributed by atoms with Gasteiger partial charge in [0.1, 0.15) is 6.54 Å². The molecule has 0 bridgehead atoms. The van der Waals surface area contributed by atoms with Gasteiger partial charge in [-0.3, -0.25) is 4.79 Å². The topological polar surface area (TPSA) is 56.7 Å². The summed E-state index contributed by atoms with van der Waals surface area (Å²) < 4.78 is 0. The molecule has 1 saturated carbocycles. The molecule has 0 aliphatic heterocycles. The van der Waals surface area contributed by atoms with Gasteiger partial charge < -0.3 is 15.5 Å². The van der Waals surface area contributed by atoms with Crippen LogP contribution < -0.4 is 10.6 Å². The molecule has 5 nitrogen and oxygen atoms in total. The van der Waals surface area contributed by atoms with Gasteiger partial charge in [-0.05, 0) is 32.3 Å². The average molecular weight is 430 g/mol. The van der Waals surface area contributed by atoms with Crippen molar-refractivity contribution < 1.29 is 4.79 Å². The van der Waals surface area contributed by atoms with Crippen LogP contribution in [0.5, 0.6) is 0 Å². The summed E-state index contributed by atoms with van der Waals surface area (Å²) in [6.07, 6.45) is 2.38. The summed E-state index contributed by atoms with van der Waals surface area (Å²) in [7, 11) is 0. The number of nitrogens with zero attached hydrogens (tertiary/aromatic N) is 2. The Morgan fingerprint density at radius 3 is 2.52 bits per heavy atom. The van der Waals surface area contributed by atoms with Crippen LogP contribution in [-0.4, -0.2) is 42.4 Å². The summed E-state index contributed by atoms with van der Waals surface area (Å²) >= 11 is 0. The van der Waals surface area contributed by atoms with Gasteiger partial charge in [0.15, 0.2) is 5.96 Å². The van der Waals surface area contributed by atoms with E-state index in [1.54, 1.807) is 0 Å². The average Bonchev–Trinajstić information content (AvgIpc) is 3.35. The lowest BCUT2D eigenvalue weighted by atomic mass is 10.2. The first-order valence-electron chi connectivity index (χ1n) is 8.09. The number of likely N-dealkylation sites (N-methyl/N-ethyl adjacent to an activating group) is 1. The summed E-state index contributed by atoms with van der Waals surface area (Å²) in [4.78, 5) is 18.6. The first-order chi connectivity index (χ1) is 10.7. The molecule has 1 amide bonds. The summed E-state index contributed by atoms with van der Waals surface area (Å²) in [5.41, 5.74) is 1.14. The van der Waals surface area contributed by atoms with Gasteiger partial charge in [-0.25, -0.2) is 4.99 Å². The zero-order valence-electron chi connectivity index (χ0n) is 13.9. The van der Waals surface area contributed by atoms with Gasteiger partial charge in [-0.15, -0.1) is 24.0 Å². The minimum atomic E-state index is 0. The molecule has 1 aliphatic carbocycles. The molecule has 0 saturated heterocycles. The third-order valence-corrected chi connectivity index (χ3v) is 3.59. The van der Waals surface area contributed by atoms with E-state index in [0.717, 1.165) is 18.1 Å². The molecule has 2 N–H and O–H groups in total. The molecule has 6 heteroatoms. The quantitative estimate of drug-likeness (QED) is 0.397. The lowest BCUT2D eigenvalue weighted by Gasteiger charge is -2.20. The van der Waals surface area contributed by atoms with Crippen LogP contribution in [0, 0.1) is 0 Å². The van der Waals surface area contributed by atoms with Crippen LogP contribution in [0.25, 0.3) is 0 Å². The number of aliphatic imine (C=N–C) groups is 1. The molecule has 1 aromatic carbocycles. The smallest absolute Gasteiger partial charge is 0.244 e. The van der Waals surface area contributed by atoms with Crippen molar-refractivity contribution in [3.8, 4) is 0 Å². The highest BCUT2D eigenvalue weighted by atomic mass is 127. The number of hydrogen-bond acceptors (Lipinski definition) is 2. The predicted octanol–water partition coefficient (Wildman–Crippen LogP) is 2.37. The number of benzene rings is 1. The first kappa shape index (κ1) is 19.7. The summed E-state index contributed by atoms with van der Waals surface area (Å²) in [5.74, 6) is 0.800. The number of nitrogens with one attached hydrogen (secondary N) is 2. The maximum atomic E-state index is 12.4. The Kier molecular flexibility index (Phi) is 8.98. The van der Waals surface area contributed by atoms with Crippen molar-refractivity contribution in [2.45, 2.75) is 39.3 Å². The molecule has 128 valence electrons. The molecule has 0 radical (unpaired) electrons. The van der Waals surface area contributed by atoms with Gasteiger partial charge in [0, 0.05) is 25.7 Å². The summed E-state index contributed by atoms with van der Waals surface area (Å²) in [6, 6.07) is 10.6. The molecule has 0 heterocycles. The van der Waals surface area contributed by atoms with E-state index in [-0.39, 0.29) is 36.4 Å². The van der Waals surface area contributed by atoms with Crippen LogP contribution in [-0.2, 0) is 11.3 Å². The normalized spacial score (nSPS) is 13.9. The Hall–Kier alpha value is -1.31. The molecule has 23 heavy (non-hydrogen) atoms. The van der Waals surface area contributed by atoms with Crippen LogP contribution in [0.4, 0.5) is 0 Å². The van der Waals surface area contributed by atoms with E-state index >= 15 is 0 Å². The Balaban J connectivity index is 0.00000264. The van der Waals surface area contributed by atoms with Crippen molar-refractivity contribution in [2.24, 2.45) is 4.99 Å². The van der Waals surface area contributed by atoms with Gasteiger partial charge in [0.25, 0.3) is 0 Å². The van der Waals surface area contributed by atoms with E-state index in [1.807, 2.05) is 49.1 Å². The molecular formula is C17H27IN4O. The van der Waals surface area contributed by atoms with Crippen molar-refractivity contribution in [1.29, 1.82) is 0 Å². The number of carbonyl (C=O) groups is 1. The standard InChI is InChI=1S/C17H26N4O.HI/c1-3-18-17(20-15-10-11-15)19-12-16(22)21(4-2)13-14-8-6-5-7-9-14;/h5-9,15H,3-4,10-13H2,1-2H3,(H2,18,19,20);1H. The Labute approximate surface area is 156 Å². The van der Waals surface area contributed by atoms with Gasteiger partial charge >= 0.3 is 0 Å². The van der Waals surface area contributed by atoms with E-state index in [2.05, 4.69) is 15.6 Å². The first-order valence-corrected chi connectivity index (χ1v) is 8.09. The maximum absolute atomic E-state index is 12.4. The summed E-state index contributed by atoms with van der Waals surface area (Å²) in [6.45, 7) is 6.34. The predicted molar refractivity (Wildman–Crippen MR) is 105 cm³/mol. The maximum Gasteiger partial charge on any atom is 0.244 e. The Bertz CT molecular complexity index is 503. The van der Waals surface area contributed by atoms with Gasteiger partial charge in [0.2, 0.25) is 5.91 Å². The number of carbonyl (C=O) groups excluding carboxylic acids is 1. The van der Waals surface area contributed by atoms with Gasteiger partial charge in [-0.1, -0.05) is 30.3 Å². The SMILES string of the molecule is CCNC(=NCC(=O)N(CC)Cc1ccccc1)NC1CC1.I. The van der Waals surface area contributed by atoms with Crippen molar-refractivity contribution >= 4 is 35.8 Å². The van der Waals surface area contributed by atoms with Crippen LogP contribution >= 0.6 is 24.0 Å². The van der Waals surface area contributed by atoms with Crippen molar-refractivity contribution in [3.05, 3.63) is 35.9 Å². The third-order valence-electron chi connectivity index (χ3n) is 3.59. The number of guanidine groups is 1. The van der Waals surface area contributed by atoms with E-state index in [9.17, 15) is 4.79 Å². The zero-order valence-corrected chi connectivity index (χ0v) is 16.2. The molecule has 1 fully saturated rings. The van der Waals surface area contributed by atoms with E-state index in [1.165, 1.54) is 12.8 Å². The largest absolute Gasteiger partial charge is 0.357 e. The van der Waals surface area contributed by atoms with Crippen LogP contribution in [0.1, 0.15) is 32.3 Å². The fraction of sp³-hybridized carbons (Fsp3) is 0.529. The molecule has 1 aliphatic rings. The molecular weight excluding hydrogens is 403 g/mol. The highest BCUT2D eigenvalue weighted by Crippen LogP contribution is 2.18. The summed E-state index contributed by atoms with van der Waals surface area (Å²) in [5, 5.41) is 6.51. The fourth-order valence-corrected chi connectivity index (χ4v) is 2.17. The number of rotatable bonds is 7. The molecule has 0 atom stereocenters. The number of hydrogen-bond donors (Lipinski definition) is 2. The minimum Gasteiger partial charge on any atom is -0.357 e. The van der Waals surface area contributed by atoms with E-state index in [4.69, 9.17) is 0 Å². The zero-order chi connectivity index (χ0) is 15.8. The second kappa shape index (κ2) is 10.5. The van der Waals surface area contributed by atoms with Gasteiger partial charge in [-0.2, -0.15) is 0 Å². The molecule has 1 aromatic rings. The second-order valence-corrected chi connectivity index (χ2v) is 5.51. The highest BCUT2D eigenvalue weighted by Gasteiger charge is 2.22. The minimum absolute atomic E-state index is 0. The third kappa shape index (κ3) is 7.20. The van der Waals surface area contributed by atoms with E-state index in [0.29, 0.717) is 19.1 Å². The molecule has 0 spiro atoms. The highest BCUT2D eigenvalue weighted by molar-refractivity contribution is 14.0. The van der Waals surface area contributed by atoms with Crippen LogP contribution in [0.15, 0.2) is 35.3 Å². The number of halogens is 1. The van der Waals surface area contributed by atoms with E-state index < -0.39 is 0 Å². The number of amides is 1.